The summed E-state index contributed by atoms with van der Waals surface area (Å²) in [6, 6.07) is 5.75. The van der Waals surface area contributed by atoms with E-state index >= 15 is 0 Å². The van der Waals surface area contributed by atoms with E-state index in [4.69, 9.17) is 14.8 Å². The molecule has 0 aliphatic heterocycles. The van der Waals surface area contributed by atoms with Gasteiger partial charge in [0.15, 0.2) is 5.82 Å². The second-order valence-corrected chi connectivity index (χ2v) is 16.7. The molecule has 1 fully saturated rings. The minimum Gasteiger partial charge on any atom is -0.361 e. The maximum absolute atomic E-state index is 9.60. The Morgan fingerprint density at radius 2 is 1.94 bits per heavy atom. The van der Waals surface area contributed by atoms with Gasteiger partial charge in [-0.15, -0.1) is 0 Å². The van der Waals surface area contributed by atoms with Crippen molar-refractivity contribution in [1.29, 1.82) is 5.26 Å². The molecule has 0 bridgehead atoms. The fraction of sp³-hybridized carbons (Fsp3) is 0.630. The van der Waals surface area contributed by atoms with Crippen LogP contribution in [0, 0.1) is 17.2 Å². The van der Waals surface area contributed by atoms with Gasteiger partial charge in [-0.05, 0) is 44.7 Å². The van der Waals surface area contributed by atoms with Crippen molar-refractivity contribution in [1.82, 2.24) is 24.3 Å². The van der Waals surface area contributed by atoms with Crippen molar-refractivity contribution in [2.45, 2.75) is 84.4 Å². The molecule has 3 aromatic rings. The average molecular weight is 508 g/mol. The maximum Gasteiger partial charge on any atom is 0.160 e. The summed E-state index contributed by atoms with van der Waals surface area (Å²) >= 11 is 0. The van der Waals surface area contributed by atoms with Crippen molar-refractivity contribution < 1.29 is 4.74 Å². The standard InChI is InChI=1S/C27H41N7OSi/c1-6-32(7-2)27-23(18-34(31-27)24(12-14-28)21-10-8-9-11-21)25-22-13-15-33(26(22)30-19-29-25)20-35-16-17-36(3,4)5/h13,15,18-19,21,24H,6-12,16-17,20H2,1-5H3. The highest BCUT2D eigenvalue weighted by atomic mass is 28.3. The summed E-state index contributed by atoms with van der Waals surface area (Å²) < 4.78 is 10.1. The lowest BCUT2D eigenvalue weighted by Gasteiger charge is -2.22. The molecular formula is C27H41N7OSi. The van der Waals surface area contributed by atoms with Gasteiger partial charge in [-0.3, -0.25) is 4.68 Å². The molecule has 1 unspecified atom stereocenters. The molecule has 0 radical (unpaired) electrons. The van der Waals surface area contributed by atoms with Crippen molar-refractivity contribution in [3.05, 3.63) is 24.8 Å². The van der Waals surface area contributed by atoms with Crippen molar-refractivity contribution in [2.24, 2.45) is 5.92 Å². The van der Waals surface area contributed by atoms with Gasteiger partial charge in [-0.25, -0.2) is 9.97 Å². The normalized spacial score (nSPS) is 15.4. The Morgan fingerprint density at radius 3 is 2.61 bits per heavy atom. The molecule has 0 saturated heterocycles. The number of hydrogen-bond acceptors (Lipinski definition) is 6. The number of rotatable bonds is 12. The Hall–Kier alpha value is -2.70. The van der Waals surface area contributed by atoms with Gasteiger partial charge in [0.25, 0.3) is 0 Å². The topological polar surface area (TPSA) is 84.8 Å². The molecule has 4 rings (SSSR count). The van der Waals surface area contributed by atoms with Crippen molar-refractivity contribution in [3.63, 3.8) is 0 Å². The van der Waals surface area contributed by atoms with Crippen molar-refractivity contribution in [3.8, 4) is 17.3 Å². The minimum atomic E-state index is -1.13. The predicted molar refractivity (Wildman–Crippen MR) is 148 cm³/mol. The largest absolute Gasteiger partial charge is 0.361 e. The maximum atomic E-state index is 9.60. The summed E-state index contributed by atoms with van der Waals surface area (Å²) in [5.41, 5.74) is 2.76. The van der Waals surface area contributed by atoms with Crippen LogP contribution in [0.25, 0.3) is 22.3 Å². The molecule has 0 N–H and O–H groups in total. The molecule has 1 atom stereocenters. The van der Waals surface area contributed by atoms with Gasteiger partial charge >= 0.3 is 0 Å². The highest BCUT2D eigenvalue weighted by Crippen LogP contribution is 2.39. The molecule has 1 aliphatic carbocycles. The summed E-state index contributed by atoms with van der Waals surface area (Å²) in [5, 5.41) is 15.7. The molecule has 0 aromatic carbocycles. The zero-order valence-electron chi connectivity index (χ0n) is 22.6. The van der Waals surface area contributed by atoms with Gasteiger partial charge in [0.05, 0.1) is 29.8 Å². The summed E-state index contributed by atoms with van der Waals surface area (Å²) in [6.07, 6.45) is 11.1. The first kappa shape index (κ1) is 26.4. The molecule has 194 valence electrons. The lowest BCUT2D eigenvalue weighted by Crippen LogP contribution is -2.24. The van der Waals surface area contributed by atoms with Crippen LogP contribution in [0.5, 0.6) is 0 Å². The van der Waals surface area contributed by atoms with Crippen LogP contribution < -0.4 is 4.90 Å². The van der Waals surface area contributed by atoms with Gasteiger partial charge in [0.1, 0.15) is 18.7 Å². The summed E-state index contributed by atoms with van der Waals surface area (Å²) in [5.74, 6) is 1.43. The first-order chi connectivity index (χ1) is 17.4. The molecule has 9 heteroatoms. The number of anilines is 1. The average Bonchev–Trinajstić information content (AvgIpc) is 3.61. The fourth-order valence-corrected chi connectivity index (χ4v) is 6.01. The van der Waals surface area contributed by atoms with E-state index in [-0.39, 0.29) is 6.04 Å². The van der Waals surface area contributed by atoms with E-state index in [2.05, 4.69) is 71.0 Å². The van der Waals surface area contributed by atoms with E-state index in [0.29, 0.717) is 19.1 Å². The minimum absolute atomic E-state index is 0.0993. The molecule has 0 spiro atoms. The van der Waals surface area contributed by atoms with Gasteiger partial charge in [0.2, 0.25) is 0 Å². The Kier molecular flexibility index (Phi) is 8.47. The third-order valence-electron chi connectivity index (χ3n) is 7.40. The van der Waals surface area contributed by atoms with Gasteiger partial charge in [-0.1, -0.05) is 32.5 Å². The molecule has 36 heavy (non-hydrogen) atoms. The summed E-state index contributed by atoms with van der Waals surface area (Å²) in [6.45, 7) is 14.4. The Balaban J connectivity index is 1.70. The monoisotopic (exact) mass is 507 g/mol. The number of aromatic nitrogens is 5. The zero-order valence-corrected chi connectivity index (χ0v) is 23.6. The number of nitrogens with zero attached hydrogens (tertiary/aromatic N) is 7. The molecule has 0 amide bonds. The highest BCUT2D eigenvalue weighted by molar-refractivity contribution is 6.76. The highest BCUT2D eigenvalue weighted by Gasteiger charge is 2.29. The SMILES string of the molecule is CCN(CC)c1nn(C(CC#N)C2CCCC2)cc1-c1ncnc2c1ccn2COCC[Si](C)(C)C. The second kappa shape index (κ2) is 11.6. The van der Waals surface area contributed by atoms with Crippen LogP contribution in [0.4, 0.5) is 5.82 Å². The van der Waals surface area contributed by atoms with Crippen LogP contribution in [-0.2, 0) is 11.5 Å². The van der Waals surface area contributed by atoms with Gasteiger partial charge < -0.3 is 14.2 Å². The predicted octanol–water partition coefficient (Wildman–Crippen LogP) is 6.10. The van der Waals surface area contributed by atoms with E-state index in [0.717, 1.165) is 53.8 Å². The molecule has 1 aliphatic rings. The Morgan fingerprint density at radius 1 is 1.19 bits per heavy atom. The third-order valence-corrected chi connectivity index (χ3v) is 9.10. The van der Waals surface area contributed by atoms with Gasteiger partial charge in [0, 0.05) is 45.6 Å². The van der Waals surface area contributed by atoms with Crippen molar-refractivity contribution in [2.75, 3.05) is 24.6 Å². The van der Waals surface area contributed by atoms with Crippen LogP contribution in [0.15, 0.2) is 24.8 Å². The van der Waals surface area contributed by atoms with E-state index < -0.39 is 8.07 Å². The molecule has 3 heterocycles. The Bertz CT molecular complexity index is 1180. The molecular weight excluding hydrogens is 466 g/mol. The second-order valence-electron chi connectivity index (χ2n) is 11.1. The van der Waals surface area contributed by atoms with Crippen LogP contribution in [0.2, 0.25) is 25.7 Å². The van der Waals surface area contributed by atoms with Crippen molar-refractivity contribution >= 4 is 24.9 Å². The van der Waals surface area contributed by atoms with E-state index in [9.17, 15) is 5.26 Å². The molecule has 3 aromatic heterocycles. The van der Waals surface area contributed by atoms with Crippen LogP contribution in [0.1, 0.15) is 52.0 Å². The van der Waals surface area contributed by atoms with Gasteiger partial charge in [-0.2, -0.15) is 10.4 Å². The smallest absolute Gasteiger partial charge is 0.160 e. The summed E-state index contributed by atoms with van der Waals surface area (Å²) in [4.78, 5) is 11.6. The first-order valence-electron chi connectivity index (χ1n) is 13.4. The van der Waals surface area contributed by atoms with E-state index in [1.807, 2.05) is 6.20 Å². The number of ether oxygens (including phenoxy) is 1. The first-order valence-corrected chi connectivity index (χ1v) is 17.2. The van der Waals surface area contributed by atoms with Crippen LogP contribution in [0.3, 0.4) is 0 Å². The number of fused-ring (bicyclic) bond motifs is 1. The fourth-order valence-electron chi connectivity index (χ4n) is 5.25. The lowest BCUT2D eigenvalue weighted by molar-refractivity contribution is 0.0899. The third kappa shape index (κ3) is 5.81. The number of hydrogen-bond donors (Lipinski definition) is 0. The van der Waals surface area contributed by atoms with Crippen LogP contribution in [-0.4, -0.2) is 52.1 Å². The van der Waals surface area contributed by atoms with E-state index in [1.165, 1.54) is 25.7 Å². The zero-order chi connectivity index (χ0) is 25.7. The molecule has 1 saturated carbocycles. The van der Waals surface area contributed by atoms with Crippen LogP contribution >= 0.6 is 0 Å². The number of nitriles is 1. The Labute approximate surface area is 216 Å². The summed E-state index contributed by atoms with van der Waals surface area (Å²) in [7, 11) is -1.13. The lowest BCUT2D eigenvalue weighted by atomic mass is 9.96. The quantitative estimate of drug-likeness (QED) is 0.218. The molecule has 8 nitrogen and oxygen atoms in total. The van der Waals surface area contributed by atoms with E-state index in [1.54, 1.807) is 6.33 Å².